The van der Waals surface area contributed by atoms with Crippen molar-refractivity contribution in [2.75, 3.05) is 0 Å². The van der Waals surface area contributed by atoms with Gasteiger partial charge in [0, 0.05) is 0 Å². The van der Waals surface area contributed by atoms with Crippen molar-refractivity contribution in [3.8, 4) is 0 Å². The quantitative estimate of drug-likeness (QED) is 0.422. The van der Waals surface area contributed by atoms with Crippen LogP contribution in [0.2, 0.25) is 0 Å². The second kappa shape index (κ2) is 11.2. The van der Waals surface area contributed by atoms with E-state index < -0.39 is 0 Å². The first-order chi connectivity index (χ1) is 14.7. The highest BCUT2D eigenvalue weighted by Gasteiger charge is 2.26. The Bertz CT molecular complexity index is 589. The lowest BCUT2D eigenvalue weighted by Gasteiger charge is -2.34. The zero-order chi connectivity index (χ0) is 20.8. The van der Waals surface area contributed by atoms with Gasteiger partial charge in [0.15, 0.2) is 0 Å². The van der Waals surface area contributed by atoms with Crippen molar-refractivity contribution in [3.05, 3.63) is 35.4 Å². The van der Waals surface area contributed by atoms with Gasteiger partial charge in [0.25, 0.3) is 0 Å². The average Bonchev–Trinajstić information content (AvgIpc) is 2.78. The predicted octanol–water partition coefficient (Wildman–Crippen LogP) is 9.01. The minimum absolute atomic E-state index is 0.944. The van der Waals surface area contributed by atoms with Gasteiger partial charge in [-0.25, -0.2) is 0 Å². The van der Waals surface area contributed by atoms with Gasteiger partial charge in [0.05, 0.1) is 0 Å². The third-order valence-corrected chi connectivity index (χ3v) is 9.38. The topological polar surface area (TPSA) is 0 Å². The van der Waals surface area contributed by atoms with E-state index in [9.17, 15) is 0 Å². The van der Waals surface area contributed by atoms with Crippen LogP contribution < -0.4 is 0 Å². The van der Waals surface area contributed by atoms with Crippen LogP contribution in [0.15, 0.2) is 24.3 Å². The van der Waals surface area contributed by atoms with Gasteiger partial charge in [-0.1, -0.05) is 95.9 Å². The summed E-state index contributed by atoms with van der Waals surface area (Å²) in [5.41, 5.74) is 3.18. The van der Waals surface area contributed by atoms with E-state index in [4.69, 9.17) is 0 Å². The minimum atomic E-state index is 0.944. The van der Waals surface area contributed by atoms with Gasteiger partial charge < -0.3 is 0 Å². The lowest BCUT2D eigenvalue weighted by Crippen LogP contribution is -2.21. The van der Waals surface area contributed by atoms with Crippen LogP contribution in [0.1, 0.15) is 115 Å². The molecule has 0 radical (unpaired) electrons. The van der Waals surface area contributed by atoms with E-state index in [2.05, 4.69) is 38.1 Å². The van der Waals surface area contributed by atoms with Gasteiger partial charge in [0.2, 0.25) is 0 Å². The first-order valence-corrected chi connectivity index (χ1v) is 13.8. The van der Waals surface area contributed by atoms with Crippen LogP contribution in [-0.4, -0.2) is 0 Å². The van der Waals surface area contributed by atoms with E-state index in [0.717, 1.165) is 35.5 Å². The molecule has 0 saturated heterocycles. The number of benzene rings is 1. The highest BCUT2D eigenvalue weighted by molar-refractivity contribution is 5.23. The Labute approximate surface area is 187 Å². The molecule has 4 rings (SSSR count). The van der Waals surface area contributed by atoms with Crippen LogP contribution >= 0.6 is 0 Å². The van der Waals surface area contributed by atoms with Gasteiger partial charge in [-0.2, -0.15) is 0 Å². The Morgan fingerprint density at radius 3 is 1.33 bits per heavy atom. The summed E-state index contributed by atoms with van der Waals surface area (Å²) in [5, 5.41) is 0. The summed E-state index contributed by atoms with van der Waals surface area (Å²) in [4.78, 5) is 0. The highest BCUT2D eigenvalue weighted by Crippen LogP contribution is 2.39. The zero-order valence-electron chi connectivity index (χ0n) is 20.1. The molecule has 1 aromatic carbocycles. The Kier molecular flexibility index (Phi) is 8.36. The molecule has 3 fully saturated rings. The first kappa shape index (κ1) is 22.4. The largest absolute Gasteiger partial charge is 0.0651 e. The van der Waals surface area contributed by atoms with Gasteiger partial charge in [-0.3, -0.25) is 0 Å². The second-order valence-electron chi connectivity index (χ2n) is 11.8. The minimum Gasteiger partial charge on any atom is -0.0651 e. The molecule has 0 aromatic heterocycles. The Morgan fingerprint density at radius 1 is 0.533 bits per heavy atom. The van der Waals surface area contributed by atoms with Crippen LogP contribution in [-0.2, 0) is 12.8 Å². The van der Waals surface area contributed by atoms with Gasteiger partial charge >= 0.3 is 0 Å². The summed E-state index contributed by atoms with van der Waals surface area (Å²) >= 11 is 0. The van der Waals surface area contributed by atoms with E-state index >= 15 is 0 Å². The van der Waals surface area contributed by atoms with E-state index in [1.807, 2.05) is 0 Å². The van der Waals surface area contributed by atoms with E-state index in [1.54, 1.807) is 17.5 Å². The summed E-state index contributed by atoms with van der Waals surface area (Å²) in [5.74, 6) is 6.02. The first-order valence-electron chi connectivity index (χ1n) is 13.8. The monoisotopic (exact) mass is 408 g/mol. The molecular formula is C30H48. The Hall–Kier alpha value is -0.780. The molecule has 0 unspecified atom stereocenters. The van der Waals surface area contributed by atoms with Crippen molar-refractivity contribution in [2.45, 2.75) is 117 Å². The molecule has 0 heterocycles. The molecule has 0 atom stereocenters. The fraction of sp³-hybridized carbons (Fsp3) is 0.800. The number of rotatable bonds is 7. The van der Waals surface area contributed by atoms with E-state index in [0.29, 0.717) is 0 Å². The van der Waals surface area contributed by atoms with E-state index in [-0.39, 0.29) is 0 Å². The molecule has 0 nitrogen and oxygen atoms in total. The lowest BCUT2D eigenvalue weighted by molar-refractivity contribution is 0.189. The molecule has 168 valence electrons. The molecule has 0 heteroatoms. The maximum Gasteiger partial charge on any atom is -0.0250 e. The molecule has 3 saturated carbocycles. The Balaban J connectivity index is 1.15. The van der Waals surface area contributed by atoms with Crippen LogP contribution in [0.25, 0.3) is 0 Å². The van der Waals surface area contributed by atoms with Crippen molar-refractivity contribution in [1.82, 2.24) is 0 Å². The van der Waals surface area contributed by atoms with Crippen LogP contribution in [0.4, 0.5) is 0 Å². The number of hydrogen-bond acceptors (Lipinski definition) is 0. The Morgan fingerprint density at radius 2 is 0.900 bits per heavy atom. The predicted molar refractivity (Wildman–Crippen MR) is 131 cm³/mol. The molecule has 0 bridgehead atoms. The molecule has 0 N–H and O–H groups in total. The summed E-state index contributed by atoms with van der Waals surface area (Å²) in [6.45, 7) is 4.81. The SMILES string of the molecule is CCC1CCC(CC2CCC(Cc3ccc(CC4CCC(C)CC4)cc3)CC2)CC1. The van der Waals surface area contributed by atoms with Gasteiger partial charge in [-0.05, 0) is 91.6 Å². The van der Waals surface area contributed by atoms with Gasteiger partial charge in [-0.15, -0.1) is 0 Å². The van der Waals surface area contributed by atoms with Crippen molar-refractivity contribution in [1.29, 1.82) is 0 Å². The van der Waals surface area contributed by atoms with E-state index in [1.165, 1.54) is 96.3 Å². The standard InChI is InChI=1S/C30H48/c1-3-24-8-10-26(11-9-24)21-28-16-18-30(19-17-28)22-29-14-12-27(13-15-29)20-25-6-4-23(2)5-7-25/h12-15,23-26,28,30H,3-11,16-22H2,1-2H3. The molecular weight excluding hydrogens is 360 g/mol. The smallest absolute Gasteiger partial charge is 0.0250 e. The zero-order valence-corrected chi connectivity index (χ0v) is 20.1. The van der Waals surface area contributed by atoms with Crippen molar-refractivity contribution >= 4 is 0 Å². The molecule has 0 amide bonds. The fourth-order valence-electron chi connectivity index (χ4n) is 7.03. The fourth-order valence-corrected chi connectivity index (χ4v) is 7.03. The molecule has 3 aliphatic carbocycles. The summed E-state index contributed by atoms with van der Waals surface area (Å²) in [6, 6.07) is 9.81. The summed E-state index contributed by atoms with van der Waals surface area (Å²) < 4.78 is 0. The number of hydrogen-bond donors (Lipinski definition) is 0. The van der Waals surface area contributed by atoms with Crippen molar-refractivity contribution in [3.63, 3.8) is 0 Å². The van der Waals surface area contributed by atoms with Crippen LogP contribution in [0.3, 0.4) is 0 Å². The molecule has 1 aromatic rings. The molecule has 0 aliphatic heterocycles. The second-order valence-corrected chi connectivity index (χ2v) is 11.8. The molecule has 3 aliphatic rings. The third-order valence-electron chi connectivity index (χ3n) is 9.38. The average molecular weight is 409 g/mol. The maximum absolute atomic E-state index is 2.46. The summed E-state index contributed by atoms with van der Waals surface area (Å²) in [6.07, 6.45) is 23.5. The highest BCUT2D eigenvalue weighted by atomic mass is 14.3. The summed E-state index contributed by atoms with van der Waals surface area (Å²) in [7, 11) is 0. The lowest BCUT2D eigenvalue weighted by atomic mass is 9.72. The molecule has 0 spiro atoms. The van der Waals surface area contributed by atoms with Gasteiger partial charge in [0.1, 0.15) is 0 Å². The normalized spacial score (nSPS) is 35.3. The van der Waals surface area contributed by atoms with Crippen molar-refractivity contribution < 1.29 is 0 Å². The molecule has 30 heavy (non-hydrogen) atoms. The van der Waals surface area contributed by atoms with Crippen molar-refractivity contribution in [2.24, 2.45) is 35.5 Å². The van der Waals surface area contributed by atoms with Crippen LogP contribution in [0, 0.1) is 35.5 Å². The third kappa shape index (κ3) is 6.61. The maximum atomic E-state index is 2.46. The van der Waals surface area contributed by atoms with Crippen LogP contribution in [0.5, 0.6) is 0 Å².